The molecule has 0 aliphatic heterocycles. The Bertz CT molecular complexity index is 477. The lowest BCUT2D eigenvalue weighted by Gasteiger charge is -2.18. The Morgan fingerprint density at radius 2 is 1.78 bits per heavy atom. The van der Waals surface area contributed by atoms with Crippen LogP contribution in [0.3, 0.4) is 0 Å². The van der Waals surface area contributed by atoms with E-state index in [0.717, 1.165) is 0 Å². The molecule has 0 saturated heterocycles. The number of rotatable bonds is 4. The standard InChI is InChI=1S/C14H20O4/c1-6-7(2)11(15)10-13(17)8(3)12(16)9(4)14(10)18-5/h7,16-17H,6H2,1-5H3. The lowest BCUT2D eigenvalue weighted by Crippen LogP contribution is -2.13. The molecular weight excluding hydrogens is 232 g/mol. The second kappa shape index (κ2) is 5.29. The van der Waals surface area contributed by atoms with Crippen LogP contribution in [0.1, 0.15) is 41.8 Å². The Hall–Kier alpha value is -1.71. The van der Waals surface area contributed by atoms with Crippen LogP contribution in [0.15, 0.2) is 0 Å². The van der Waals surface area contributed by atoms with Gasteiger partial charge in [0.25, 0.3) is 0 Å². The molecule has 18 heavy (non-hydrogen) atoms. The molecule has 0 bridgehead atoms. The maximum absolute atomic E-state index is 12.3. The first-order chi connectivity index (χ1) is 8.36. The fraction of sp³-hybridized carbons (Fsp3) is 0.500. The minimum Gasteiger partial charge on any atom is -0.507 e. The first-order valence-corrected chi connectivity index (χ1v) is 6.00. The van der Waals surface area contributed by atoms with Crippen molar-refractivity contribution in [2.75, 3.05) is 7.11 Å². The summed E-state index contributed by atoms with van der Waals surface area (Å²) >= 11 is 0. The average molecular weight is 252 g/mol. The van der Waals surface area contributed by atoms with Gasteiger partial charge in [0.05, 0.1) is 7.11 Å². The van der Waals surface area contributed by atoms with Crippen LogP contribution in [-0.4, -0.2) is 23.1 Å². The summed E-state index contributed by atoms with van der Waals surface area (Å²) in [6, 6.07) is 0. The maximum Gasteiger partial charge on any atom is 0.173 e. The Balaban J connectivity index is 3.57. The third-order valence-corrected chi connectivity index (χ3v) is 3.38. The highest BCUT2D eigenvalue weighted by atomic mass is 16.5. The molecule has 1 aromatic carbocycles. The van der Waals surface area contributed by atoms with Gasteiger partial charge in [-0.25, -0.2) is 0 Å². The summed E-state index contributed by atoms with van der Waals surface area (Å²) in [5, 5.41) is 19.9. The molecule has 1 atom stereocenters. The number of hydrogen-bond acceptors (Lipinski definition) is 4. The van der Waals surface area contributed by atoms with Crippen molar-refractivity contribution in [3.63, 3.8) is 0 Å². The number of benzene rings is 1. The number of phenolic OH excluding ortho intramolecular Hbond substituents is 2. The van der Waals surface area contributed by atoms with E-state index in [2.05, 4.69) is 0 Å². The van der Waals surface area contributed by atoms with Crippen LogP contribution in [0.5, 0.6) is 17.2 Å². The largest absolute Gasteiger partial charge is 0.507 e. The van der Waals surface area contributed by atoms with Gasteiger partial charge in [-0.05, 0) is 20.3 Å². The van der Waals surface area contributed by atoms with Crippen molar-refractivity contribution in [1.29, 1.82) is 0 Å². The molecule has 1 unspecified atom stereocenters. The van der Waals surface area contributed by atoms with E-state index in [1.807, 2.05) is 6.92 Å². The predicted octanol–water partition coefficient (Wildman–Crippen LogP) is 2.95. The smallest absolute Gasteiger partial charge is 0.173 e. The molecule has 0 radical (unpaired) electrons. The first kappa shape index (κ1) is 14.4. The van der Waals surface area contributed by atoms with E-state index in [1.165, 1.54) is 7.11 Å². The molecule has 1 rings (SSSR count). The molecule has 0 saturated carbocycles. The molecule has 4 heteroatoms. The number of carbonyl (C=O) groups excluding carboxylic acids is 1. The summed E-state index contributed by atoms with van der Waals surface area (Å²) in [7, 11) is 1.42. The molecule has 100 valence electrons. The fourth-order valence-corrected chi connectivity index (χ4v) is 1.90. The second-order valence-corrected chi connectivity index (χ2v) is 4.53. The zero-order chi connectivity index (χ0) is 14.0. The Morgan fingerprint density at radius 3 is 2.22 bits per heavy atom. The third kappa shape index (κ3) is 2.15. The number of ether oxygens (including phenoxy) is 1. The number of ketones is 1. The molecule has 2 N–H and O–H groups in total. The highest BCUT2D eigenvalue weighted by Gasteiger charge is 2.27. The van der Waals surface area contributed by atoms with Gasteiger partial charge in [0, 0.05) is 17.0 Å². The fourth-order valence-electron chi connectivity index (χ4n) is 1.90. The van der Waals surface area contributed by atoms with Crippen molar-refractivity contribution in [3.8, 4) is 17.2 Å². The van der Waals surface area contributed by atoms with E-state index in [9.17, 15) is 15.0 Å². The van der Waals surface area contributed by atoms with E-state index in [4.69, 9.17) is 4.74 Å². The van der Waals surface area contributed by atoms with Gasteiger partial charge in [0.2, 0.25) is 0 Å². The van der Waals surface area contributed by atoms with Gasteiger partial charge in [-0.3, -0.25) is 4.79 Å². The summed E-state index contributed by atoms with van der Waals surface area (Å²) in [5.41, 5.74) is 0.944. The molecule has 0 aromatic heterocycles. The van der Waals surface area contributed by atoms with Crippen LogP contribution in [0.4, 0.5) is 0 Å². The molecule has 0 aliphatic rings. The van der Waals surface area contributed by atoms with E-state index < -0.39 is 0 Å². The normalized spacial score (nSPS) is 12.3. The summed E-state index contributed by atoms with van der Waals surface area (Å²) < 4.78 is 5.17. The average Bonchev–Trinajstić information content (AvgIpc) is 2.38. The van der Waals surface area contributed by atoms with Gasteiger partial charge in [-0.1, -0.05) is 13.8 Å². The van der Waals surface area contributed by atoms with Crippen molar-refractivity contribution in [3.05, 3.63) is 16.7 Å². The summed E-state index contributed by atoms with van der Waals surface area (Å²) in [6.45, 7) is 6.95. The topological polar surface area (TPSA) is 66.8 Å². The molecule has 0 amide bonds. The van der Waals surface area contributed by atoms with Crippen LogP contribution < -0.4 is 4.74 Å². The number of Topliss-reactive ketones (excluding diaryl/α,β-unsaturated/α-hetero) is 1. The third-order valence-electron chi connectivity index (χ3n) is 3.38. The van der Waals surface area contributed by atoms with Crippen molar-refractivity contribution in [2.24, 2.45) is 5.92 Å². The van der Waals surface area contributed by atoms with Gasteiger partial charge in [-0.2, -0.15) is 0 Å². The molecule has 1 aromatic rings. The molecule has 0 spiro atoms. The minimum absolute atomic E-state index is 0.0370. The van der Waals surface area contributed by atoms with Crippen LogP contribution in [0, 0.1) is 19.8 Å². The highest BCUT2D eigenvalue weighted by Crippen LogP contribution is 2.42. The Morgan fingerprint density at radius 1 is 1.22 bits per heavy atom. The molecule has 0 aliphatic carbocycles. The zero-order valence-corrected chi connectivity index (χ0v) is 11.5. The van der Waals surface area contributed by atoms with Gasteiger partial charge in [-0.15, -0.1) is 0 Å². The van der Waals surface area contributed by atoms with E-state index >= 15 is 0 Å². The molecular formula is C14H20O4. The lowest BCUT2D eigenvalue weighted by molar-refractivity contribution is 0.0921. The summed E-state index contributed by atoms with van der Waals surface area (Å²) in [5.74, 6) is -0.350. The van der Waals surface area contributed by atoms with Crippen molar-refractivity contribution < 1.29 is 19.7 Å². The number of hydrogen-bond donors (Lipinski definition) is 2. The van der Waals surface area contributed by atoms with Crippen molar-refractivity contribution in [2.45, 2.75) is 34.1 Å². The van der Waals surface area contributed by atoms with Crippen molar-refractivity contribution in [1.82, 2.24) is 0 Å². The lowest BCUT2D eigenvalue weighted by atomic mass is 9.92. The second-order valence-electron chi connectivity index (χ2n) is 4.53. The summed E-state index contributed by atoms with van der Waals surface area (Å²) in [6.07, 6.45) is 0.681. The van der Waals surface area contributed by atoms with Crippen LogP contribution in [0.25, 0.3) is 0 Å². The summed E-state index contributed by atoms with van der Waals surface area (Å²) in [4.78, 5) is 12.3. The molecule has 4 nitrogen and oxygen atoms in total. The number of methoxy groups -OCH3 is 1. The number of carbonyl (C=O) groups is 1. The van der Waals surface area contributed by atoms with Gasteiger partial charge in [0.15, 0.2) is 5.78 Å². The first-order valence-electron chi connectivity index (χ1n) is 6.00. The zero-order valence-electron chi connectivity index (χ0n) is 11.5. The van der Waals surface area contributed by atoms with Gasteiger partial charge in [0.1, 0.15) is 22.8 Å². The Labute approximate surface area is 107 Å². The molecule has 0 fully saturated rings. The monoisotopic (exact) mass is 252 g/mol. The highest BCUT2D eigenvalue weighted by molar-refractivity contribution is 6.03. The predicted molar refractivity (Wildman–Crippen MR) is 69.6 cm³/mol. The minimum atomic E-state index is -0.201. The van der Waals surface area contributed by atoms with Crippen LogP contribution in [-0.2, 0) is 0 Å². The SMILES string of the molecule is CCC(C)C(=O)c1c(O)c(C)c(O)c(C)c1OC. The number of aromatic hydroxyl groups is 2. The van der Waals surface area contributed by atoms with Crippen LogP contribution in [0.2, 0.25) is 0 Å². The van der Waals surface area contributed by atoms with E-state index in [0.29, 0.717) is 17.5 Å². The quantitative estimate of drug-likeness (QED) is 0.808. The van der Waals surface area contributed by atoms with Gasteiger partial charge < -0.3 is 14.9 Å². The number of phenols is 2. The van der Waals surface area contributed by atoms with E-state index in [-0.39, 0.29) is 34.5 Å². The van der Waals surface area contributed by atoms with Gasteiger partial charge >= 0.3 is 0 Å². The Kier molecular flexibility index (Phi) is 4.22. The van der Waals surface area contributed by atoms with Crippen molar-refractivity contribution >= 4 is 5.78 Å². The van der Waals surface area contributed by atoms with E-state index in [1.54, 1.807) is 20.8 Å². The maximum atomic E-state index is 12.3. The van der Waals surface area contributed by atoms with Crippen LogP contribution >= 0.6 is 0 Å². The molecule has 0 heterocycles.